The van der Waals surface area contributed by atoms with E-state index in [9.17, 15) is 4.79 Å². The van der Waals surface area contributed by atoms with Crippen molar-refractivity contribution in [3.63, 3.8) is 0 Å². The van der Waals surface area contributed by atoms with Gasteiger partial charge in [-0.2, -0.15) is 0 Å². The number of nitrogens with one attached hydrogen (secondary N) is 2. The number of rotatable bonds is 4. The zero-order valence-electron chi connectivity index (χ0n) is 15.2. The van der Waals surface area contributed by atoms with Gasteiger partial charge < -0.3 is 19.9 Å². The van der Waals surface area contributed by atoms with Crippen molar-refractivity contribution in [2.24, 2.45) is 0 Å². The number of fused-ring (bicyclic) bond motifs is 1. The molecule has 0 bridgehead atoms. The molecule has 1 saturated heterocycles. The van der Waals surface area contributed by atoms with Gasteiger partial charge in [0, 0.05) is 25.8 Å². The minimum Gasteiger partial charge on any atom is -0.343 e. The third kappa shape index (κ3) is 3.16. The molecule has 1 atom stereocenters. The fourth-order valence-corrected chi connectivity index (χ4v) is 3.77. The molecule has 3 heterocycles. The van der Waals surface area contributed by atoms with Crippen LogP contribution in [-0.4, -0.2) is 52.9 Å². The van der Waals surface area contributed by atoms with E-state index < -0.39 is 5.54 Å². The number of hydrogen-bond acceptors (Lipinski definition) is 4. The highest BCUT2D eigenvalue weighted by Crippen LogP contribution is 2.42. The summed E-state index contributed by atoms with van der Waals surface area (Å²) in [6.07, 6.45) is 6.52. The van der Waals surface area contributed by atoms with Crippen LogP contribution in [0.3, 0.4) is 0 Å². The van der Waals surface area contributed by atoms with Gasteiger partial charge in [-0.15, -0.1) is 0 Å². The number of amides is 1. The van der Waals surface area contributed by atoms with E-state index >= 15 is 0 Å². The van der Waals surface area contributed by atoms with Crippen molar-refractivity contribution in [1.29, 1.82) is 0 Å². The van der Waals surface area contributed by atoms with Crippen molar-refractivity contribution < 1.29 is 4.79 Å². The smallest absolute Gasteiger partial charge is 0.239 e. The summed E-state index contributed by atoms with van der Waals surface area (Å²) < 4.78 is 2.13. The molecule has 2 aromatic heterocycles. The minimum atomic E-state index is -0.538. The molecule has 6 heteroatoms. The lowest BCUT2D eigenvalue weighted by molar-refractivity contribution is -0.126. The molecular formula is C19H27N5O. The van der Waals surface area contributed by atoms with Gasteiger partial charge in [0.1, 0.15) is 5.82 Å². The first kappa shape index (κ1) is 16.5. The Hall–Kier alpha value is -1.92. The maximum Gasteiger partial charge on any atom is 0.239 e. The molecule has 6 nitrogen and oxygen atoms in total. The number of nitrogens with zero attached hydrogens (tertiary/aromatic N) is 3. The summed E-state index contributed by atoms with van der Waals surface area (Å²) in [5.41, 5.74) is 2.00. The molecule has 2 aromatic rings. The molecule has 2 N–H and O–H groups in total. The molecule has 1 aliphatic carbocycles. The second-order valence-corrected chi connectivity index (χ2v) is 7.96. The molecule has 0 radical (unpaired) electrons. The van der Waals surface area contributed by atoms with E-state index in [1.165, 1.54) is 18.4 Å². The van der Waals surface area contributed by atoms with Crippen molar-refractivity contribution in [2.75, 3.05) is 26.7 Å². The zero-order chi connectivity index (χ0) is 17.6. The van der Waals surface area contributed by atoms with E-state index in [1.54, 1.807) is 0 Å². The van der Waals surface area contributed by atoms with Crippen molar-refractivity contribution >= 4 is 11.4 Å². The molecule has 0 spiro atoms. The Morgan fingerprint density at radius 2 is 2.20 bits per heavy atom. The molecule has 4 rings (SSSR count). The standard InChI is InChI=1S/C19H27N5O/c1-19(2,22-17(25)15-12-23(3)10-8-20-15)18-21-11-16-14(13-6-7-13)5-4-9-24(16)18/h4-5,9,11,13,15,20H,6-8,10,12H2,1-3H3,(H,22,25)/t15-/m0/s1. The van der Waals surface area contributed by atoms with Crippen molar-refractivity contribution in [1.82, 2.24) is 24.9 Å². The van der Waals surface area contributed by atoms with Crippen molar-refractivity contribution in [3.05, 3.63) is 35.9 Å². The van der Waals surface area contributed by atoms with Crippen LogP contribution in [-0.2, 0) is 10.3 Å². The van der Waals surface area contributed by atoms with Gasteiger partial charge in [-0.25, -0.2) is 4.98 Å². The fourth-order valence-electron chi connectivity index (χ4n) is 3.77. The van der Waals surface area contributed by atoms with E-state index in [1.807, 2.05) is 33.3 Å². The maximum absolute atomic E-state index is 12.7. The molecule has 0 aromatic carbocycles. The number of carbonyl (C=O) groups is 1. The maximum atomic E-state index is 12.7. The van der Waals surface area contributed by atoms with Gasteiger partial charge in [0.05, 0.1) is 23.3 Å². The van der Waals surface area contributed by atoms with Crippen LogP contribution in [0.1, 0.15) is 44.0 Å². The lowest BCUT2D eigenvalue weighted by Crippen LogP contribution is -2.58. The highest BCUT2D eigenvalue weighted by Gasteiger charge is 2.33. The summed E-state index contributed by atoms with van der Waals surface area (Å²) in [6, 6.07) is 4.11. The molecule has 25 heavy (non-hydrogen) atoms. The summed E-state index contributed by atoms with van der Waals surface area (Å²) in [5.74, 6) is 1.59. The summed E-state index contributed by atoms with van der Waals surface area (Å²) in [7, 11) is 2.05. The van der Waals surface area contributed by atoms with Gasteiger partial charge in [-0.05, 0) is 51.3 Å². The average molecular weight is 341 g/mol. The molecule has 2 aliphatic rings. The quantitative estimate of drug-likeness (QED) is 0.884. The van der Waals surface area contributed by atoms with Crippen LogP contribution < -0.4 is 10.6 Å². The van der Waals surface area contributed by atoms with Gasteiger partial charge >= 0.3 is 0 Å². The predicted molar refractivity (Wildman–Crippen MR) is 97.6 cm³/mol. The number of piperazine rings is 1. The Balaban J connectivity index is 1.58. The van der Waals surface area contributed by atoms with Crippen molar-refractivity contribution in [3.8, 4) is 0 Å². The number of pyridine rings is 1. The molecule has 2 fully saturated rings. The van der Waals surface area contributed by atoms with Crippen LogP contribution in [0.5, 0.6) is 0 Å². The van der Waals surface area contributed by atoms with E-state index in [0.717, 1.165) is 31.0 Å². The fraction of sp³-hybridized carbons (Fsp3) is 0.579. The molecule has 1 aliphatic heterocycles. The third-order valence-electron chi connectivity index (χ3n) is 5.31. The van der Waals surface area contributed by atoms with Gasteiger partial charge in [-0.1, -0.05) is 6.07 Å². The topological polar surface area (TPSA) is 61.7 Å². The Labute approximate surface area is 148 Å². The predicted octanol–water partition coefficient (Wildman–Crippen LogP) is 1.47. The number of hydrogen-bond donors (Lipinski definition) is 2. The first-order valence-electron chi connectivity index (χ1n) is 9.16. The first-order chi connectivity index (χ1) is 12.0. The Kier molecular flexibility index (Phi) is 4.04. The Morgan fingerprint density at radius 1 is 1.40 bits per heavy atom. The van der Waals surface area contributed by atoms with Crippen LogP contribution in [0.25, 0.3) is 5.52 Å². The first-order valence-corrected chi connectivity index (χ1v) is 9.16. The normalized spacial score (nSPS) is 22.3. The van der Waals surface area contributed by atoms with Gasteiger partial charge in [0.15, 0.2) is 0 Å². The van der Waals surface area contributed by atoms with Crippen LogP contribution >= 0.6 is 0 Å². The molecule has 1 saturated carbocycles. The molecule has 1 amide bonds. The van der Waals surface area contributed by atoms with Crippen LogP contribution in [0.4, 0.5) is 0 Å². The largest absolute Gasteiger partial charge is 0.343 e. The highest BCUT2D eigenvalue weighted by molar-refractivity contribution is 5.83. The summed E-state index contributed by atoms with van der Waals surface area (Å²) in [6.45, 7) is 6.59. The monoisotopic (exact) mass is 341 g/mol. The molecule has 134 valence electrons. The summed E-state index contributed by atoms with van der Waals surface area (Å²) in [5, 5.41) is 6.50. The summed E-state index contributed by atoms with van der Waals surface area (Å²) in [4.78, 5) is 19.6. The zero-order valence-corrected chi connectivity index (χ0v) is 15.2. The van der Waals surface area contributed by atoms with Crippen LogP contribution in [0, 0.1) is 0 Å². The summed E-state index contributed by atoms with van der Waals surface area (Å²) >= 11 is 0. The van der Waals surface area contributed by atoms with E-state index in [2.05, 4.69) is 37.1 Å². The molecular weight excluding hydrogens is 314 g/mol. The van der Waals surface area contributed by atoms with Crippen molar-refractivity contribution in [2.45, 2.75) is 44.2 Å². The Morgan fingerprint density at radius 3 is 2.92 bits per heavy atom. The molecule has 0 unspecified atom stereocenters. The second-order valence-electron chi connectivity index (χ2n) is 7.96. The van der Waals surface area contributed by atoms with Gasteiger partial charge in [-0.3, -0.25) is 4.79 Å². The van der Waals surface area contributed by atoms with Gasteiger partial charge in [0.25, 0.3) is 0 Å². The number of imidazole rings is 1. The number of carbonyl (C=O) groups excluding carboxylic acids is 1. The van der Waals surface area contributed by atoms with Crippen LogP contribution in [0.2, 0.25) is 0 Å². The average Bonchev–Trinajstić information content (AvgIpc) is 3.31. The second kappa shape index (κ2) is 6.11. The lowest BCUT2D eigenvalue weighted by Gasteiger charge is -2.33. The SMILES string of the molecule is CN1CCN[C@H](C(=O)NC(C)(C)c2ncc3c(C4CC4)cccn23)C1. The van der Waals surface area contributed by atoms with Gasteiger partial charge in [0.2, 0.25) is 5.91 Å². The van der Waals surface area contributed by atoms with E-state index in [4.69, 9.17) is 0 Å². The minimum absolute atomic E-state index is 0.0339. The third-order valence-corrected chi connectivity index (χ3v) is 5.31. The Bertz CT molecular complexity index is 792. The lowest BCUT2D eigenvalue weighted by atomic mass is 10.0. The number of aromatic nitrogens is 2. The highest BCUT2D eigenvalue weighted by atomic mass is 16.2. The number of likely N-dealkylation sites (N-methyl/N-ethyl adjacent to an activating group) is 1. The van der Waals surface area contributed by atoms with E-state index in [0.29, 0.717) is 5.92 Å². The van der Waals surface area contributed by atoms with Crippen LogP contribution in [0.15, 0.2) is 24.5 Å². The van der Waals surface area contributed by atoms with E-state index in [-0.39, 0.29) is 11.9 Å².